The number of fused-ring (bicyclic) bond motifs is 1. The highest BCUT2D eigenvalue weighted by Gasteiger charge is 2.32. The third-order valence-corrected chi connectivity index (χ3v) is 8.36. The quantitative estimate of drug-likeness (QED) is 0.748. The highest BCUT2D eigenvalue weighted by molar-refractivity contribution is 7.89. The van der Waals surface area contributed by atoms with Crippen LogP contribution in [0.4, 0.5) is 0 Å². The van der Waals surface area contributed by atoms with Crippen molar-refractivity contribution in [3.05, 3.63) is 65.2 Å². The van der Waals surface area contributed by atoms with E-state index in [2.05, 4.69) is 10.2 Å². The fourth-order valence-electron chi connectivity index (χ4n) is 4.45. The third kappa shape index (κ3) is 5.00. The van der Waals surface area contributed by atoms with Crippen LogP contribution in [-0.4, -0.2) is 55.8 Å². The lowest BCUT2D eigenvalue weighted by atomic mass is 9.92. The van der Waals surface area contributed by atoms with Crippen molar-refractivity contribution >= 4 is 15.9 Å². The number of aryl methyl sites for hydroxylation is 2. The lowest BCUT2D eigenvalue weighted by Gasteiger charge is -2.36. The van der Waals surface area contributed by atoms with Crippen LogP contribution in [-0.2, 0) is 34.2 Å². The highest BCUT2D eigenvalue weighted by Crippen LogP contribution is 2.26. The number of hydrogen-bond acceptors (Lipinski definition) is 4. The Bertz CT molecular complexity index is 1020. The maximum atomic E-state index is 13.2. The van der Waals surface area contributed by atoms with Gasteiger partial charge in [-0.2, -0.15) is 4.31 Å². The molecule has 31 heavy (non-hydrogen) atoms. The zero-order chi connectivity index (χ0) is 21.8. The topological polar surface area (TPSA) is 69.7 Å². The van der Waals surface area contributed by atoms with Gasteiger partial charge in [-0.15, -0.1) is 0 Å². The second-order valence-electron chi connectivity index (χ2n) is 8.46. The standard InChI is InChI=1S/C24H31N3O3S/c1-19(24(28)25-18-20-7-3-2-4-8-20)26-13-15-27(16-14-26)31(29,30)23-12-11-21-9-5-6-10-22(21)17-23/h2-4,7-8,11-12,17,19H,5-6,9-10,13-16,18H2,1H3,(H,25,28). The first-order valence-corrected chi connectivity index (χ1v) is 12.6. The maximum absolute atomic E-state index is 13.2. The second kappa shape index (κ2) is 9.51. The van der Waals surface area contributed by atoms with E-state index in [0.717, 1.165) is 24.8 Å². The molecule has 2 aromatic carbocycles. The lowest BCUT2D eigenvalue weighted by Crippen LogP contribution is -2.54. The number of carbonyl (C=O) groups excluding carboxylic acids is 1. The molecule has 166 valence electrons. The molecule has 1 saturated heterocycles. The molecule has 1 N–H and O–H groups in total. The van der Waals surface area contributed by atoms with Gasteiger partial charge in [0.05, 0.1) is 10.9 Å². The normalized spacial score (nSPS) is 18.9. The van der Waals surface area contributed by atoms with E-state index in [1.165, 1.54) is 17.5 Å². The van der Waals surface area contributed by atoms with Gasteiger partial charge < -0.3 is 5.32 Å². The van der Waals surface area contributed by atoms with E-state index < -0.39 is 10.0 Å². The maximum Gasteiger partial charge on any atom is 0.243 e. The Morgan fingerprint density at radius 1 is 0.968 bits per heavy atom. The number of carbonyl (C=O) groups is 1. The third-order valence-electron chi connectivity index (χ3n) is 6.47. The number of hydrogen-bond donors (Lipinski definition) is 1. The lowest BCUT2D eigenvalue weighted by molar-refractivity contribution is -0.126. The molecule has 0 bridgehead atoms. The SMILES string of the molecule is CC(C(=O)NCc1ccccc1)N1CCN(S(=O)(=O)c2ccc3c(c2)CCCC3)CC1. The van der Waals surface area contributed by atoms with Crippen LogP contribution in [0, 0.1) is 0 Å². The summed E-state index contributed by atoms with van der Waals surface area (Å²) >= 11 is 0. The first-order chi connectivity index (χ1) is 14.9. The van der Waals surface area contributed by atoms with E-state index in [9.17, 15) is 13.2 Å². The van der Waals surface area contributed by atoms with E-state index in [4.69, 9.17) is 0 Å². The van der Waals surface area contributed by atoms with Crippen molar-refractivity contribution in [3.63, 3.8) is 0 Å². The van der Waals surface area contributed by atoms with Gasteiger partial charge in [0.1, 0.15) is 0 Å². The fraction of sp³-hybridized carbons (Fsp3) is 0.458. The fourth-order valence-corrected chi connectivity index (χ4v) is 5.92. The minimum absolute atomic E-state index is 0.0325. The molecular weight excluding hydrogens is 410 g/mol. The zero-order valence-corrected chi connectivity index (χ0v) is 18.9. The number of benzene rings is 2. The highest BCUT2D eigenvalue weighted by atomic mass is 32.2. The van der Waals surface area contributed by atoms with Gasteiger partial charge in [-0.1, -0.05) is 36.4 Å². The van der Waals surface area contributed by atoms with Crippen molar-refractivity contribution in [2.24, 2.45) is 0 Å². The molecule has 1 amide bonds. The molecule has 1 fully saturated rings. The molecule has 1 atom stereocenters. The van der Waals surface area contributed by atoms with Crippen molar-refractivity contribution in [1.82, 2.24) is 14.5 Å². The number of sulfonamides is 1. The summed E-state index contributed by atoms with van der Waals surface area (Å²) in [6.45, 7) is 4.27. The number of nitrogens with one attached hydrogen (secondary N) is 1. The molecule has 0 aromatic heterocycles. The average Bonchev–Trinajstić information content (AvgIpc) is 2.82. The molecule has 4 rings (SSSR count). The Labute approximate surface area is 185 Å². The molecule has 0 spiro atoms. The van der Waals surface area contributed by atoms with E-state index in [-0.39, 0.29) is 11.9 Å². The first kappa shape index (κ1) is 22.0. The minimum atomic E-state index is -3.51. The molecule has 1 unspecified atom stereocenters. The van der Waals surface area contributed by atoms with Crippen LogP contribution >= 0.6 is 0 Å². The van der Waals surface area contributed by atoms with Crippen LogP contribution < -0.4 is 5.32 Å². The van der Waals surface area contributed by atoms with Crippen molar-refractivity contribution in [3.8, 4) is 0 Å². The smallest absolute Gasteiger partial charge is 0.243 e. The number of piperazine rings is 1. The second-order valence-corrected chi connectivity index (χ2v) is 10.4. The molecule has 0 saturated carbocycles. The number of nitrogens with zero attached hydrogens (tertiary/aromatic N) is 2. The van der Waals surface area contributed by atoms with Gasteiger partial charge in [0.25, 0.3) is 0 Å². The molecule has 6 nitrogen and oxygen atoms in total. The molecule has 2 aromatic rings. The van der Waals surface area contributed by atoms with Crippen LogP contribution in [0.2, 0.25) is 0 Å². The Morgan fingerprint density at radius 3 is 2.35 bits per heavy atom. The van der Waals surface area contributed by atoms with Crippen molar-refractivity contribution in [2.45, 2.75) is 50.1 Å². The van der Waals surface area contributed by atoms with Gasteiger partial charge in [-0.3, -0.25) is 9.69 Å². The van der Waals surface area contributed by atoms with Gasteiger partial charge in [-0.05, 0) is 61.4 Å². The van der Waals surface area contributed by atoms with Gasteiger partial charge in [0, 0.05) is 32.7 Å². The van der Waals surface area contributed by atoms with Gasteiger partial charge in [-0.25, -0.2) is 8.42 Å². The Kier molecular flexibility index (Phi) is 6.74. The van der Waals surface area contributed by atoms with Crippen molar-refractivity contribution < 1.29 is 13.2 Å². The Morgan fingerprint density at radius 2 is 1.65 bits per heavy atom. The van der Waals surface area contributed by atoms with Gasteiger partial charge in [0.15, 0.2) is 0 Å². The summed E-state index contributed by atoms with van der Waals surface area (Å²) in [6, 6.07) is 15.1. The predicted molar refractivity (Wildman–Crippen MR) is 121 cm³/mol. The van der Waals surface area contributed by atoms with Crippen LogP contribution in [0.15, 0.2) is 53.4 Å². The average molecular weight is 442 g/mol. The Hall–Kier alpha value is -2.22. The van der Waals surface area contributed by atoms with Crippen LogP contribution in [0.25, 0.3) is 0 Å². The van der Waals surface area contributed by atoms with E-state index in [0.29, 0.717) is 37.6 Å². The zero-order valence-electron chi connectivity index (χ0n) is 18.1. The number of rotatable bonds is 6. The monoisotopic (exact) mass is 441 g/mol. The summed E-state index contributed by atoms with van der Waals surface area (Å²) < 4.78 is 27.9. The minimum Gasteiger partial charge on any atom is -0.351 e. The summed E-state index contributed by atoms with van der Waals surface area (Å²) in [5.41, 5.74) is 3.52. The van der Waals surface area contributed by atoms with E-state index in [1.54, 1.807) is 10.4 Å². The Balaban J connectivity index is 1.33. The van der Waals surface area contributed by atoms with Crippen LogP contribution in [0.1, 0.15) is 36.5 Å². The summed E-state index contributed by atoms with van der Waals surface area (Å²) in [6.07, 6.45) is 4.30. The predicted octanol–water partition coefficient (Wildman–Crippen LogP) is 2.58. The molecular formula is C24H31N3O3S. The number of amides is 1. The van der Waals surface area contributed by atoms with Crippen molar-refractivity contribution in [1.29, 1.82) is 0 Å². The van der Waals surface area contributed by atoms with E-state index >= 15 is 0 Å². The van der Waals surface area contributed by atoms with Crippen molar-refractivity contribution in [2.75, 3.05) is 26.2 Å². The molecule has 1 aliphatic heterocycles. The molecule has 1 heterocycles. The largest absolute Gasteiger partial charge is 0.351 e. The summed E-state index contributed by atoms with van der Waals surface area (Å²) in [7, 11) is -3.51. The van der Waals surface area contributed by atoms with Gasteiger partial charge in [0.2, 0.25) is 15.9 Å². The molecule has 0 radical (unpaired) electrons. The summed E-state index contributed by atoms with van der Waals surface area (Å²) in [5.74, 6) is -0.0325. The first-order valence-electron chi connectivity index (χ1n) is 11.1. The summed E-state index contributed by atoms with van der Waals surface area (Å²) in [4.78, 5) is 15.0. The summed E-state index contributed by atoms with van der Waals surface area (Å²) in [5, 5.41) is 2.98. The molecule has 1 aliphatic carbocycles. The van der Waals surface area contributed by atoms with Crippen LogP contribution in [0.5, 0.6) is 0 Å². The molecule has 7 heteroatoms. The van der Waals surface area contributed by atoms with Gasteiger partial charge >= 0.3 is 0 Å². The molecule has 2 aliphatic rings. The van der Waals surface area contributed by atoms with E-state index in [1.807, 2.05) is 49.4 Å². The van der Waals surface area contributed by atoms with Crippen LogP contribution in [0.3, 0.4) is 0 Å².